The summed E-state index contributed by atoms with van der Waals surface area (Å²) in [5.41, 5.74) is 9.21. The van der Waals surface area contributed by atoms with Gasteiger partial charge in [-0.05, 0) is 36.6 Å². The minimum absolute atomic E-state index is 0.365. The highest BCUT2D eigenvalue weighted by Crippen LogP contribution is 2.36. The molecule has 152 valence electrons. The molecule has 0 spiro atoms. The number of hydrogen-bond donors (Lipinski definition) is 1. The second kappa shape index (κ2) is 8.15. The Balaban J connectivity index is 2.19. The first-order chi connectivity index (χ1) is 13.7. The molecule has 0 saturated heterocycles. The van der Waals surface area contributed by atoms with Crippen molar-refractivity contribution in [2.24, 2.45) is 5.73 Å². The van der Waals surface area contributed by atoms with Crippen LogP contribution < -0.4 is 5.73 Å². The summed E-state index contributed by atoms with van der Waals surface area (Å²) >= 11 is 0. The molecule has 0 radical (unpaired) electrons. The van der Waals surface area contributed by atoms with E-state index in [4.69, 9.17) is 5.73 Å². The summed E-state index contributed by atoms with van der Waals surface area (Å²) in [6.45, 7) is 4.41. The van der Waals surface area contributed by atoms with Crippen LogP contribution in [-0.2, 0) is 19.1 Å². The zero-order chi connectivity index (χ0) is 21.2. The fourth-order valence-corrected chi connectivity index (χ4v) is 3.71. The molecule has 0 aliphatic rings. The van der Waals surface area contributed by atoms with Gasteiger partial charge < -0.3 is 10.3 Å². The van der Waals surface area contributed by atoms with Crippen molar-refractivity contribution in [2.75, 3.05) is 0 Å². The molecular formula is C23H23F3N2O. The smallest absolute Gasteiger partial charge is 0.366 e. The summed E-state index contributed by atoms with van der Waals surface area (Å²) in [4.78, 5) is 12.3. The quantitative estimate of drug-likeness (QED) is 0.577. The minimum atomic E-state index is -4.41. The van der Waals surface area contributed by atoms with Crippen molar-refractivity contribution in [1.82, 2.24) is 4.57 Å². The van der Waals surface area contributed by atoms with Crippen LogP contribution in [0.2, 0.25) is 0 Å². The van der Waals surface area contributed by atoms with Crippen LogP contribution in [0.15, 0.2) is 54.6 Å². The Morgan fingerprint density at radius 3 is 2.17 bits per heavy atom. The number of amides is 1. The number of primary amides is 1. The molecule has 6 heteroatoms. The van der Waals surface area contributed by atoms with Gasteiger partial charge in [-0.1, -0.05) is 55.8 Å². The summed E-state index contributed by atoms with van der Waals surface area (Å²) in [6, 6.07) is 14.7. The van der Waals surface area contributed by atoms with Crippen LogP contribution in [-0.4, -0.2) is 10.5 Å². The Bertz CT molecular complexity index is 1000. The molecule has 3 nitrogen and oxygen atoms in total. The maximum Gasteiger partial charge on any atom is 0.416 e. The van der Waals surface area contributed by atoms with E-state index in [1.54, 1.807) is 0 Å². The first-order valence-electron chi connectivity index (χ1n) is 9.47. The van der Waals surface area contributed by atoms with E-state index in [0.29, 0.717) is 29.7 Å². The molecule has 1 amide bonds. The lowest BCUT2D eigenvalue weighted by Gasteiger charge is -2.13. The average Bonchev–Trinajstić information content (AvgIpc) is 2.94. The van der Waals surface area contributed by atoms with E-state index in [2.05, 4.69) is 0 Å². The van der Waals surface area contributed by atoms with Crippen molar-refractivity contribution in [3.05, 3.63) is 82.7 Å². The lowest BCUT2D eigenvalue weighted by molar-refractivity contribution is -0.137. The van der Waals surface area contributed by atoms with Crippen LogP contribution in [0.3, 0.4) is 0 Å². The molecule has 0 atom stereocenters. The molecule has 0 bridgehead atoms. The second-order valence-corrected chi connectivity index (χ2v) is 7.04. The zero-order valence-electron chi connectivity index (χ0n) is 16.4. The molecule has 2 aromatic carbocycles. The van der Waals surface area contributed by atoms with Gasteiger partial charge in [0, 0.05) is 23.5 Å². The Morgan fingerprint density at radius 1 is 1.03 bits per heavy atom. The topological polar surface area (TPSA) is 48.0 Å². The third kappa shape index (κ3) is 4.21. The van der Waals surface area contributed by atoms with Crippen LogP contribution in [0, 0.1) is 6.92 Å². The van der Waals surface area contributed by atoms with Crippen molar-refractivity contribution in [1.29, 1.82) is 0 Å². The number of rotatable bonds is 6. The largest absolute Gasteiger partial charge is 0.416 e. The molecule has 0 fully saturated rings. The normalized spacial score (nSPS) is 11.6. The molecule has 3 rings (SSSR count). The molecule has 0 saturated carbocycles. The van der Waals surface area contributed by atoms with Crippen LogP contribution in [0.25, 0.3) is 11.1 Å². The van der Waals surface area contributed by atoms with Crippen LogP contribution in [0.1, 0.15) is 46.2 Å². The fourth-order valence-electron chi connectivity index (χ4n) is 3.71. The monoisotopic (exact) mass is 400 g/mol. The predicted molar refractivity (Wildman–Crippen MR) is 108 cm³/mol. The van der Waals surface area contributed by atoms with E-state index >= 15 is 0 Å². The number of alkyl halides is 3. The Hall–Kier alpha value is -3.02. The molecule has 0 unspecified atom stereocenters. The average molecular weight is 400 g/mol. The van der Waals surface area contributed by atoms with E-state index in [-0.39, 0.29) is 0 Å². The van der Waals surface area contributed by atoms with Crippen molar-refractivity contribution in [3.63, 3.8) is 0 Å². The highest BCUT2D eigenvalue weighted by atomic mass is 19.4. The molecular weight excluding hydrogens is 377 g/mol. The zero-order valence-corrected chi connectivity index (χ0v) is 16.4. The number of carbonyl (C=O) groups is 1. The predicted octanol–water partition coefficient (Wildman–Crippen LogP) is 5.58. The number of carbonyl (C=O) groups excluding carboxylic acids is 1. The van der Waals surface area contributed by atoms with Gasteiger partial charge >= 0.3 is 6.18 Å². The molecule has 29 heavy (non-hydrogen) atoms. The number of nitrogens with zero attached hydrogens (tertiary/aromatic N) is 1. The molecule has 3 aromatic rings. The van der Waals surface area contributed by atoms with E-state index in [1.165, 1.54) is 12.1 Å². The summed E-state index contributed by atoms with van der Waals surface area (Å²) in [6.07, 6.45) is -2.91. The van der Waals surface area contributed by atoms with E-state index in [9.17, 15) is 18.0 Å². The van der Waals surface area contributed by atoms with Gasteiger partial charge in [0.2, 0.25) is 0 Å². The van der Waals surface area contributed by atoms with Crippen molar-refractivity contribution >= 4 is 5.91 Å². The Morgan fingerprint density at radius 2 is 1.66 bits per heavy atom. The number of nitrogens with two attached hydrogens (primary N) is 1. The summed E-state index contributed by atoms with van der Waals surface area (Å²) in [5.74, 6) is -0.582. The van der Waals surface area contributed by atoms with Gasteiger partial charge in [0.1, 0.15) is 0 Å². The number of halogens is 3. The van der Waals surface area contributed by atoms with Crippen LogP contribution in [0.4, 0.5) is 13.2 Å². The van der Waals surface area contributed by atoms with Gasteiger partial charge in [0.25, 0.3) is 5.91 Å². The van der Waals surface area contributed by atoms with Crippen molar-refractivity contribution in [2.45, 2.75) is 39.4 Å². The third-order valence-corrected chi connectivity index (χ3v) is 5.05. The van der Waals surface area contributed by atoms with E-state index in [0.717, 1.165) is 35.5 Å². The van der Waals surface area contributed by atoms with Gasteiger partial charge in [-0.2, -0.15) is 13.2 Å². The highest BCUT2D eigenvalue weighted by molar-refractivity contribution is 6.02. The molecule has 0 aliphatic carbocycles. The second-order valence-electron chi connectivity index (χ2n) is 7.04. The number of aromatic nitrogens is 1. The molecule has 2 N–H and O–H groups in total. The SMILES string of the molecule is CCCc1c(-c2ccc(C(F)(F)F)cc2)c(C(N)=O)c(C)n1Cc1ccccc1. The summed E-state index contributed by atoms with van der Waals surface area (Å²) < 4.78 is 40.9. The van der Waals surface area contributed by atoms with E-state index in [1.807, 2.05) is 48.7 Å². The Kier molecular flexibility index (Phi) is 5.82. The van der Waals surface area contributed by atoms with Gasteiger partial charge in [-0.15, -0.1) is 0 Å². The van der Waals surface area contributed by atoms with Crippen molar-refractivity contribution in [3.8, 4) is 11.1 Å². The molecule has 0 aliphatic heterocycles. The van der Waals surface area contributed by atoms with Gasteiger partial charge in [0.15, 0.2) is 0 Å². The number of hydrogen-bond acceptors (Lipinski definition) is 1. The molecule has 1 heterocycles. The van der Waals surface area contributed by atoms with Crippen molar-refractivity contribution < 1.29 is 18.0 Å². The number of benzene rings is 2. The third-order valence-electron chi connectivity index (χ3n) is 5.05. The maximum atomic E-state index is 13.0. The van der Waals surface area contributed by atoms with Crippen LogP contribution >= 0.6 is 0 Å². The molecule has 1 aromatic heterocycles. The lowest BCUT2D eigenvalue weighted by Crippen LogP contribution is -2.13. The first kappa shape index (κ1) is 20.7. The Labute approximate surface area is 168 Å². The maximum absolute atomic E-state index is 13.0. The summed E-state index contributed by atoms with van der Waals surface area (Å²) in [5, 5.41) is 0. The highest BCUT2D eigenvalue weighted by Gasteiger charge is 2.31. The summed E-state index contributed by atoms with van der Waals surface area (Å²) in [7, 11) is 0. The standard InChI is InChI=1S/C23H23F3N2O/c1-3-7-19-21(17-10-12-18(13-11-17)23(24,25)26)20(22(27)29)15(2)28(19)14-16-8-5-4-6-9-16/h4-6,8-13H,3,7,14H2,1-2H3,(H2,27,29). The van der Waals surface area contributed by atoms with Gasteiger partial charge in [0.05, 0.1) is 11.1 Å². The minimum Gasteiger partial charge on any atom is -0.366 e. The first-order valence-corrected chi connectivity index (χ1v) is 9.47. The van der Waals surface area contributed by atoms with E-state index < -0.39 is 17.6 Å². The van der Waals surface area contributed by atoms with Gasteiger partial charge in [-0.25, -0.2) is 0 Å². The van der Waals surface area contributed by atoms with Gasteiger partial charge in [-0.3, -0.25) is 4.79 Å². The van der Waals surface area contributed by atoms with Crippen LogP contribution in [0.5, 0.6) is 0 Å². The fraction of sp³-hybridized carbons (Fsp3) is 0.261. The lowest BCUT2D eigenvalue weighted by atomic mass is 9.97.